The molecular weight excluding hydrogens is 258 g/mol. The molecule has 0 unspecified atom stereocenters. The van der Waals surface area contributed by atoms with E-state index in [4.69, 9.17) is 0 Å². The molecule has 1 aromatic carbocycles. The Labute approximate surface area is 114 Å². The zero-order chi connectivity index (χ0) is 13.1. The lowest BCUT2D eigenvalue weighted by Crippen LogP contribution is -2.10. The lowest BCUT2D eigenvalue weighted by molar-refractivity contribution is 0.102. The molecule has 2 heterocycles. The first kappa shape index (κ1) is 11.7. The summed E-state index contributed by atoms with van der Waals surface area (Å²) in [6, 6.07) is 11.3. The quantitative estimate of drug-likeness (QED) is 0.765. The van der Waals surface area contributed by atoms with E-state index in [1.165, 1.54) is 11.3 Å². The average molecular weight is 269 g/mol. The van der Waals surface area contributed by atoms with E-state index < -0.39 is 0 Å². The van der Waals surface area contributed by atoms with E-state index in [1.54, 1.807) is 12.3 Å². The van der Waals surface area contributed by atoms with E-state index in [9.17, 15) is 4.79 Å². The monoisotopic (exact) mass is 269 g/mol. The third kappa shape index (κ3) is 2.56. The van der Waals surface area contributed by atoms with Crippen molar-refractivity contribution in [1.29, 1.82) is 0 Å². The summed E-state index contributed by atoms with van der Waals surface area (Å²) in [5.74, 6) is -0.0944. The van der Waals surface area contributed by atoms with Crippen molar-refractivity contribution in [3.05, 3.63) is 58.9 Å². The van der Waals surface area contributed by atoms with Crippen LogP contribution in [0.5, 0.6) is 0 Å². The van der Waals surface area contributed by atoms with Gasteiger partial charge in [-0.2, -0.15) is 16.4 Å². The Morgan fingerprint density at radius 3 is 2.95 bits per heavy atom. The van der Waals surface area contributed by atoms with Crippen molar-refractivity contribution in [2.24, 2.45) is 0 Å². The highest BCUT2D eigenvalue weighted by Gasteiger charge is 2.07. The smallest absolute Gasteiger partial charge is 0.256 e. The van der Waals surface area contributed by atoms with Crippen LogP contribution in [0.15, 0.2) is 53.4 Å². The van der Waals surface area contributed by atoms with E-state index in [0.717, 1.165) is 16.9 Å². The number of anilines is 1. The van der Waals surface area contributed by atoms with Gasteiger partial charge in [-0.15, -0.1) is 0 Å². The second-order valence-corrected chi connectivity index (χ2v) is 4.80. The van der Waals surface area contributed by atoms with Gasteiger partial charge in [0.2, 0.25) is 0 Å². The van der Waals surface area contributed by atoms with Crippen molar-refractivity contribution in [3.63, 3.8) is 0 Å². The van der Waals surface area contributed by atoms with Crippen LogP contribution in [0.1, 0.15) is 10.4 Å². The normalized spacial score (nSPS) is 10.3. The third-order valence-corrected chi connectivity index (χ3v) is 3.40. The van der Waals surface area contributed by atoms with Crippen molar-refractivity contribution in [2.45, 2.75) is 0 Å². The molecule has 3 aromatic rings. The largest absolute Gasteiger partial charge is 0.322 e. The minimum atomic E-state index is -0.0944. The molecule has 5 heteroatoms. The number of carbonyl (C=O) groups excluding carboxylic acids is 1. The van der Waals surface area contributed by atoms with Gasteiger partial charge < -0.3 is 5.32 Å². The molecular formula is C14H11N3OS. The standard InChI is InChI=1S/C14H11N3OS/c18-14(11-5-7-19-9-11)16-12-3-1-2-10(8-12)13-4-6-15-17-13/h1-9H,(H,15,17)(H,16,18). The van der Waals surface area contributed by atoms with Crippen LogP contribution in [0.25, 0.3) is 11.3 Å². The van der Waals surface area contributed by atoms with E-state index in [1.807, 2.05) is 41.1 Å². The SMILES string of the molecule is O=C(Nc1cccc(-c2ccn[nH]2)c1)c1ccsc1. The van der Waals surface area contributed by atoms with Gasteiger partial charge in [0.05, 0.1) is 11.3 Å². The van der Waals surface area contributed by atoms with Gasteiger partial charge in [0.15, 0.2) is 0 Å². The molecule has 3 rings (SSSR count). The van der Waals surface area contributed by atoms with Crippen molar-refractivity contribution >= 4 is 22.9 Å². The van der Waals surface area contributed by atoms with Gasteiger partial charge in [-0.25, -0.2) is 0 Å². The van der Waals surface area contributed by atoms with E-state index in [-0.39, 0.29) is 5.91 Å². The van der Waals surface area contributed by atoms with Gasteiger partial charge >= 0.3 is 0 Å². The summed E-state index contributed by atoms with van der Waals surface area (Å²) in [6.07, 6.45) is 1.70. The molecule has 2 aromatic heterocycles. The van der Waals surface area contributed by atoms with E-state index in [0.29, 0.717) is 5.56 Å². The van der Waals surface area contributed by atoms with E-state index >= 15 is 0 Å². The Morgan fingerprint density at radius 1 is 1.26 bits per heavy atom. The molecule has 4 nitrogen and oxygen atoms in total. The van der Waals surface area contributed by atoms with Crippen molar-refractivity contribution in [3.8, 4) is 11.3 Å². The molecule has 0 aliphatic heterocycles. The summed E-state index contributed by atoms with van der Waals surface area (Å²) in [4.78, 5) is 11.9. The minimum absolute atomic E-state index is 0.0944. The second kappa shape index (κ2) is 5.07. The average Bonchev–Trinajstić information content (AvgIpc) is 3.13. The fourth-order valence-corrected chi connectivity index (χ4v) is 2.41. The number of hydrogen-bond acceptors (Lipinski definition) is 3. The Balaban J connectivity index is 1.82. The van der Waals surface area contributed by atoms with Crippen molar-refractivity contribution in [2.75, 3.05) is 5.32 Å². The topological polar surface area (TPSA) is 57.8 Å². The fraction of sp³-hybridized carbons (Fsp3) is 0. The summed E-state index contributed by atoms with van der Waals surface area (Å²) in [5, 5.41) is 13.4. The molecule has 0 spiro atoms. The Bertz CT molecular complexity index is 675. The van der Waals surface area contributed by atoms with Gasteiger partial charge in [0.1, 0.15) is 0 Å². The van der Waals surface area contributed by atoms with Gasteiger partial charge in [0.25, 0.3) is 5.91 Å². The number of nitrogens with one attached hydrogen (secondary N) is 2. The number of aromatic amines is 1. The highest BCUT2D eigenvalue weighted by molar-refractivity contribution is 7.08. The van der Waals surface area contributed by atoms with Crippen LogP contribution in [0.4, 0.5) is 5.69 Å². The molecule has 0 fully saturated rings. The molecule has 2 N–H and O–H groups in total. The number of carbonyl (C=O) groups is 1. The molecule has 0 saturated carbocycles. The predicted octanol–water partition coefficient (Wildman–Crippen LogP) is 3.39. The van der Waals surface area contributed by atoms with Gasteiger partial charge in [-0.05, 0) is 29.6 Å². The van der Waals surface area contributed by atoms with Crippen LogP contribution in [-0.4, -0.2) is 16.1 Å². The van der Waals surface area contributed by atoms with Gasteiger partial charge in [-0.3, -0.25) is 9.89 Å². The maximum atomic E-state index is 11.9. The Morgan fingerprint density at radius 2 is 2.21 bits per heavy atom. The molecule has 0 saturated heterocycles. The number of rotatable bonds is 3. The maximum absolute atomic E-state index is 11.9. The van der Waals surface area contributed by atoms with Crippen LogP contribution in [0.3, 0.4) is 0 Å². The fourth-order valence-electron chi connectivity index (χ4n) is 1.78. The number of thiophene rings is 1. The number of hydrogen-bond donors (Lipinski definition) is 2. The number of H-pyrrole nitrogens is 1. The molecule has 0 radical (unpaired) electrons. The first-order chi connectivity index (χ1) is 9.33. The van der Waals surface area contributed by atoms with Crippen molar-refractivity contribution < 1.29 is 4.79 Å². The van der Waals surface area contributed by atoms with Crippen LogP contribution in [-0.2, 0) is 0 Å². The summed E-state index contributed by atoms with van der Waals surface area (Å²) < 4.78 is 0. The number of amides is 1. The molecule has 0 atom stereocenters. The maximum Gasteiger partial charge on any atom is 0.256 e. The molecule has 0 bridgehead atoms. The van der Waals surface area contributed by atoms with Crippen molar-refractivity contribution in [1.82, 2.24) is 10.2 Å². The van der Waals surface area contributed by atoms with E-state index in [2.05, 4.69) is 15.5 Å². The Kier molecular flexibility index (Phi) is 3.12. The minimum Gasteiger partial charge on any atom is -0.322 e. The lowest BCUT2D eigenvalue weighted by atomic mass is 10.1. The van der Waals surface area contributed by atoms with Gasteiger partial charge in [0, 0.05) is 22.8 Å². The number of nitrogens with zero attached hydrogens (tertiary/aromatic N) is 1. The molecule has 19 heavy (non-hydrogen) atoms. The summed E-state index contributed by atoms with van der Waals surface area (Å²) in [5.41, 5.74) is 3.35. The highest BCUT2D eigenvalue weighted by atomic mass is 32.1. The molecule has 0 aliphatic rings. The molecule has 0 aliphatic carbocycles. The third-order valence-electron chi connectivity index (χ3n) is 2.72. The first-order valence-electron chi connectivity index (χ1n) is 5.76. The molecule has 1 amide bonds. The summed E-state index contributed by atoms with van der Waals surface area (Å²) in [6.45, 7) is 0. The lowest BCUT2D eigenvalue weighted by Gasteiger charge is -2.05. The summed E-state index contributed by atoms with van der Waals surface area (Å²) >= 11 is 1.51. The molecule has 94 valence electrons. The predicted molar refractivity (Wildman–Crippen MR) is 76.3 cm³/mol. The zero-order valence-electron chi connectivity index (χ0n) is 9.96. The van der Waals surface area contributed by atoms with Gasteiger partial charge in [-0.1, -0.05) is 12.1 Å². The van der Waals surface area contributed by atoms with Crippen LogP contribution in [0.2, 0.25) is 0 Å². The van der Waals surface area contributed by atoms with Crippen LogP contribution in [0, 0.1) is 0 Å². The first-order valence-corrected chi connectivity index (χ1v) is 6.70. The summed E-state index contributed by atoms with van der Waals surface area (Å²) in [7, 11) is 0. The van der Waals surface area contributed by atoms with Crippen LogP contribution >= 0.6 is 11.3 Å². The Hall–Kier alpha value is -2.40. The number of benzene rings is 1. The van der Waals surface area contributed by atoms with Crippen LogP contribution < -0.4 is 5.32 Å². The number of aromatic nitrogens is 2. The zero-order valence-corrected chi connectivity index (χ0v) is 10.8. The second-order valence-electron chi connectivity index (χ2n) is 4.02. The highest BCUT2D eigenvalue weighted by Crippen LogP contribution is 2.21.